The normalized spacial score (nSPS) is 12.7. The van der Waals surface area contributed by atoms with E-state index in [0.717, 1.165) is 13.0 Å². The molecule has 0 fully saturated rings. The van der Waals surface area contributed by atoms with Crippen LogP contribution in [0.15, 0.2) is 18.2 Å². The topological polar surface area (TPSA) is 84.4 Å². The van der Waals surface area contributed by atoms with Gasteiger partial charge in [-0.05, 0) is 44.6 Å². The summed E-state index contributed by atoms with van der Waals surface area (Å²) in [5.41, 5.74) is 13.0. The van der Waals surface area contributed by atoms with E-state index in [9.17, 15) is 4.79 Å². The molecule has 1 amide bonds. The van der Waals surface area contributed by atoms with Crippen molar-refractivity contribution in [3.05, 3.63) is 23.8 Å². The summed E-state index contributed by atoms with van der Waals surface area (Å²) >= 11 is 0. The summed E-state index contributed by atoms with van der Waals surface area (Å²) in [5.74, 6) is 0.117. The largest absolute Gasteiger partial charge is 0.399 e. The molecule has 1 atom stereocenters. The molecule has 5 heteroatoms. The quantitative estimate of drug-likeness (QED) is 0.663. The van der Waals surface area contributed by atoms with Gasteiger partial charge in [-0.2, -0.15) is 0 Å². The molecule has 0 radical (unpaired) electrons. The first kappa shape index (κ1) is 16.3. The van der Waals surface area contributed by atoms with Crippen molar-refractivity contribution in [2.75, 3.05) is 31.7 Å². The van der Waals surface area contributed by atoms with Crippen molar-refractivity contribution in [1.82, 2.24) is 4.90 Å². The minimum Gasteiger partial charge on any atom is -0.399 e. The Balaban J connectivity index is 2.96. The second-order valence-electron chi connectivity index (χ2n) is 5.90. The van der Waals surface area contributed by atoms with Gasteiger partial charge in [-0.25, -0.2) is 0 Å². The summed E-state index contributed by atoms with van der Waals surface area (Å²) in [7, 11) is 4.06. The maximum absolute atomic E-state index is 11.5. The Morgan fingerprint density at radius 3 is 2.50 bits per heavy atom. The number of nitrogens with zero attached hydrogens (tertiary/aromatic N) is 1. The average molecular weight is 278 g/mol. The molecule has 5 N–H and O–H groups in total. The van der Waals surface area contributed by atoms with Gasteiger partial charge in [0.25, 0.3) is 5.91 Å². The van der Waals surface area contributed by atoms with Crippen LogP contribution in [0.25, 0.3) is 0 Å². The molecule has 1 unspecified atom stereocenters. The van der Waals surface area contributed by atoms with Gasteiger partial charge in [0.05, 0.1) is 5.56 Å². The van der Waals surface area contributed by atoms with E-state index in [1.54, 1.807) is 18.2 Å². The summed E-state index contributed by atoms with van der Waals surface area (Å²) in [6.45, 7) is 5.24. The summed E-state index contributed by atoms with van der Waals surface area (Å²) in [4.78, 5) is 13.6. The minimum atomic E-state index is -0.444. The van der Waals surface area contributed by atoms with Gasteiger partial charge in [-0.15, -0.1) is 0 Å². The highest BCUT2D eigenvalue weighted by atomic mass is 16.1. The molecule has 20 heavy (non-hydrogen) atoms. The lowest BCUT2D eigenvalue weighted by Crippen LogP contribution is -2.34. The molecule has 0 spiro atoms. The molecule has 0 aliphatic heterocycles. The fourth-order valence-corrected chi connectivity index (χ4v) is 2.30. The van der Waals surface area contributed by atoms with E-state index in [2.05, 4.69) is 24.1 Å². The molecule has 0 saturated carbocycles. The second kappa shape index (κ2) is 7.14. The van der Waals surface area contributed by atoms with E-state index in [1.807, 2.05) is 14.1 Å². The van der Waals surface area contributed by atoms with Crippen molar-refractivity contribution < 1.29 is 4.79 Å². The van der Waals surface area contributed by atoms with Crippen molar-refractivity contribution in [3.63, 3.8) is 0 Å². The number of benzene rings is 1. The van der Waals surface area contributed by atoms with Crippen LogP contribution >= 0.6 is 0 Å². The third-order valence-corrected chi connectivity index (χ3v) is 3.01. The van der Waals surface area contributed by atoms with Crippen molar-refractivity contribution in [1.29, 1.82) is 0 Å². The number of primary amides is 1. The molecule has 0 aromatic heterocycles. The molecule has 1 aromatic carbocycles. The van der Waals surface area contributed by atoms with Crippen molar-refractivity contribution >= 4 is 17.3 Å². The van der Waals surface area contributed by atoms with Gasteiger partial charge >= 0.3 is 0 Å². The second-order valence-corrected chi connectivity index (χ2v) is 5.90. The summed E-state index contributed by atoms with van der Waals surface area (Å²) in [6.07, 6.45) is 1.01. The van der Waals surface area contributed by atoms with E-state index in [1.165, 1.54) is 0 Å². The van der Waals surface area contributed by atoms with Crippen LogP contribution in [0, 0.1) is 5.92 Å². The first-order valence-corrected chi connectivity index (χ1v) is 6.90. The zero-order chi connectivity index (χ0) is 15.3. The van der Waals surface area contributed by atoms with Gasteiger partial charge in [-0.3, -0.25) is 4.79 Å². The number of carbonyl (C=O) groups is 1. The van der Waals surface area contributed by atoms with Crippen LogP contribution < -0.4 is 16.8 Å². The molecule has 1 rings (SSSR count). The van der Waals surface area contributed by atoms with Crippen molar-refractivity contribution in [2.24, 2.45) is 11.7 Å². The SMILES string of the molecule is CC(C)CC(CN(C)C)Nc1cc(N)ccc1C(N)=O. The number of amides is 1. The van der Waals surface area contributed by atoms with Crippen LogP contribution in [-0.2, 0) is 0 Å². The zero-order valence-corrected chi connectivity index (χ0v) is 12.8. The van der Waals surface area contributed by atoms with Gasteiger partial charge in [0.2, 0.25) is 0 Å². The van der Waals surface area contributed by atoms with E-state index in [0.29, 0.717) is 22.9 Å². The number of likely N-dealkylation sites (N-methyl/N-ethyl adjacent to an activating group) is 1. The molecule has 5 nitrogen and oxygen atoms in total. The first-order chi connectivity index (χ1) is 9.29. The van der Waals surface area contributed by atoms with Crippen LogP contribution in [0.5, 0.6) is 0 Å². The Bertz CT molecular complexity index is 447. The third-order valence-electron chi connectivity index (χ3n) is 3.01. The van der Waals surface area contributed by atoms with Gasteiger partial charge < -0.3 is 21.7 Å². The van der Waals surface area contributed by atoms with Crippen LogP contribution in [0.4, 0.5) is 11.4 Å². The predicted octanol–water partition coefficient (Wildman–Crippen LogP) is 1.76. The highest BCUT2D eigenvalue weighted by Gasteiger charge is 2.15. The number of carbonyl (C=O) groups excluding carboxylic acids is 1. The highest BCUT2D eigenvalue weighted by molar-refractivity contribution is 5.99. The van der Waals surface area contributed by atoms with Crippen LogP contribution in [-0.4, -0.2) is 37.5 Å². The van der Waals surface area contributed by atoms with Crippen molar-refractivity contribution in [3.8, 4) is 0 Å². The summed E-state index contributed by atoms with van der Waals surface area (Å²) in [6, 6.07) is 5.37. The molecule has 1 aromatic rings. The zero-order valence-electron chi connectivity index (χ0n) is 12.8. The maximum atomic E-state index is 11.5. The van der Waals surface area contributed by atoms with Gasteiger partial charge in [0, 0.05) is 24.0 Å². The number of hydrogen-bond acceptors (Lipinski definition) is 4. The van der Waals surface area contributed by atoms with E-state index < -0.39 is 5.91 Å². The van der Waals surface area contributed by atoms with Crippen LogP contribution in [0.1, 0.15) is 30.6 Å². The van der Waals surface area contributed by atoms with E-state index in [4.69, 9.17) is 11.5 Å². The fraction of sp³-hybridized carbons (Fsp3) is 0.533. The Kier molecular flexibility index (Phi) is 5.82. The smallest absolute Gasteiger partial charge is 0.250 e. The number of nitrogen functional groups attached to an aromatic ring is 1. The minimum absolute atomic E-state index is 0.241. The predicted molar refractivity (Wildman–Crippen MR) is 84.8 cm³/mol. The Morgan fingerprint density at radius 1 is 1.35 bits per heavy atom. The Labute approximate surface area is 121 Å². The van der Waals surface area contributed by atoms with Crippen molar-refractivity contribution in [2.45, 2.75) is 26.3 Å². The molecule has 0 aliphatic carbocycles. The number of anilines is 2. The monoisotopic (exact) mass is 278 g/mol. The molecule has 0 heterocycles. The third kappa shape index (κ3) is 5.09. The van der Waals surface area contributed by atoms with Gasteiger partial charge in [-0.1, -0.05) is 13.8 Å². The van der Waals surface area contributed by atoms with E-state index >= 15 is 0 Å². The molecular weight excluding hydrogens is 252 g/mol. The summed E-state index contributed by atoms with van der Waals surface area (Å²) in [5, 5.41) is 3.41. The van der Waals surface area contributed by atoms with Gasteiger partial charge in [0.15, 0.2) is 0 Å². The average Bonchev–Trinajstić information content (AvgIpc) is 2.26. The summed E-state index contributed by atoms with van der Waals surface area (Å²) < 4.78 is 0. The Hall–Kier alpha value is -1.75. The number of nitrogens with one attached hydrogen (secondary N) is 1. The number of rotatable bonds is 7. The molecule has 0 bridgehead atoms. The first-order valence-electron chi connectivity index (χ1n) is 6.90. The van der Waals surface area contributed by atoms with Gasteiger partial charge in [0.1, 0.15) is 0 Å². The number of nitrogens with two attached hydrogens (primary N) is 2. The van der Waals surface area contributed by atoms with Crippen LogP contribution in [0.3, 0.4) is 0 Å². The molecule has 112 valence electrons. The molecule has 0 aliphatic rings. The lowest BCUT2D eigenvalue weighted by molar-refractivity contribution is 0.100. The van der Waals surface area contributed by atoms with Crippen LogP contribution in [0.2, 0.25) is 0 Å². The maximum Gasteiger partial charge on any atom is 0.250 e. The Morgan fingerprint density at radius 2 is 2.00 bits per heavy atom. The van der Waals surface area contributed by atoms with E-state index in [-0.39, 0.29) is 6.04 Å². The molecule has 0 saturated heterocycles. The fourth-order valence-electron chi connectivity index (χ4n) is 2.30. The highest BCUT2D eigenvalue weighted by Crippen LogP contribution is 2.21. The lowest BCUT2D eigenvalue weighted by Gasteiger charge is -2.26. The standard InChI is InChI=1S/C15H26N4O/c1-10(2)7-12(9-19(3)4)18-14-8-11(16)5-6-13(14)15(17)20/h5-6,8,10,12,18H,7,9,16H2,1-4H3,(H2,17,20). The lowest BCUT2D eigenvalue weighted by atomic mass is 10.0. The number of hydrogen-bond donors (Lipinski definition) is 3. The molecular formula is C15H26N4O.